The summed E-state index contributed by atoms with van der Waals surface area (Å²) in [5.74, 6) is -0.704. The van der Waals surface area contributed by atoms with E-state index < -0.39 is 27.8 Å². The van der Waals surface area contributed by atoms with Gasteiger partial charge in [0.25, 0.3) is 5.91 Å². The van der Waals surface area contributed by atoms with Gasteiger partial charge in [-0.1, -0.05) is 44.2 Å². The van der Waals surface area contributed by atoms with Gasteiger partial charge in [0.15, 0.2) is 16.4 Å². The van der Waals surface area contributed by atoms with Crippen LogP contribution in [0.2, 0.25) is 0 Å². The minimum atomic E-state index is -3.15. The van der Waals surface area contributed by atoms with Gasteiger partial charge in [0.2, 0.25) is 5.91 Å². The van der Waals surface area contributed by atoms with Gasteiger partial charge in [-0.25, -0.2) is 8.42 Å². The van der Waals surface area contributed by atoms with Gasteiger partial charge >= 0.3 is 5.97 Å². The Morgan fingerprint density at radius 3 is 2.30 bits per heavy atom. The first-order valence-corrected chi connectivity index (χ1v) is 13.3. The molecule has 2 saturated heterocycles. The fourth-order valence-corrected chi connectivity index (χ4v) is 6.52. The van der Waals surface area contributed by atoms with Crippen LogP contribution in [0.4, 0.5) is 0 Å². The molecule has 0 N–H and O–H groups in total. The topological polar surface area (TPSA) is 101 Å². The van der Waals surface area contributed by atoms with Gasteiger partial charge in [-0.15, -0.1) is 0 Å². The number of carbonyl (C=O) groups is 3. The molecule has 0 spiro atoms. The van der Waals surface area contributed by atoms with Crippen molar-refractivity contribution in [1.82, 2.24) is 9.80 Å². The minimum absolute atomic E-state index is 0.0314. The SMILES string of the molecule is CC(=O)N1CCC(C(=O)OCC(=O)N(CC(C)C)C2CCS(=O)(=O)C2)(c2ccccc2)CC1. The van der Waals surface area contributed by atoms with Gasteiger partial charge in [-0.2, -0.15) is 0 Å². The number of hydrogen-bond acceptors (Lipinski definition) is 6. The number of likely N-dealkylation sites (tertiary alicyclic amines) is 1. The first-order chi connectivity index (χ1) is 15.5. The normalized spacial score (nSPS) is 21.6. The molecule has 182 valence electrons. The predicted octanol–water partition coefficient (Wildman–Crippen LogP) is 1.78. The molecule has 2 fully saturated rings. The largest absolute Gasteiger partial charge is 0.455 e. The van der Waals surface area contributed by atoms with Gasteiger partial charge in [0.05, 0.1) is 16.9 Å². The van der Waals surface area contributed by atoms with Crippen molar-refractivity contribution >= 4 is 27.6 Å². The summed E-state index contributed by atoms with van der Waals surface area (Å²) in [6.45, 7) is 6.30. The summed E-state index contributed by atoms with van der Waals surface area (Å²) in [6.07, 6.45) is 1.24. The first kappa shape index (κ1) is 25.2. The molecule has 9 heteroatoms. The van der Waals surface area contributed by atoms with Crippen LogP contribution in [0.15, 0.2) is 30.3 Å². The molecular formula is C24H34N2O6S. The summed E-state index contributed by atoms with van der Waals surface area (Å²) in [5.41, 5.74) is -0.112. The van der Waals surface area contributed by atoms with Crippen LogP contribution in [0.1, 0.15) is 45.6 Å². The van der Waals surface area contributed by atoms with Crippen LogP contribution in [0.3, 0.4) is 0 Å². The number of benzene rings is 1. The summed E-state index contributed by atoms with van der Waals surface area (Å²) < 4.78 is 29.5. The van der Waals surface area contributed by atoms with Crippen molar-refractivity contribution in [1.29, 1.82) is 0 Å². The van der Waals surface area contributed by atoms with Crippen molar-refractivity contribution in [2.24, 2.45) is 5.92 Å². The standard InChI is InChI=1S/C24H34N2O6S/c1-18(2)15-26(21-9-14-33(30,31)17-21)22(28)16-32-23(29)24(20-7-5-4-6-8-20)10-12-25(13-11-24)19(3)27/h4-8,18,21H,9-17H2,1-3H3. The lowest BCUT2D eigenvalue weighted by atomic mass is 9.72. The highest BCUT2D eigenvalue weighted by Gasteiger charge is 2.45. The highest BCUT2D eigenvalue weighted by molar-refractivity contribution is 7.91. The Morgan fingerprint density at radius 2 is 1.79 bits per heavy atom. The van der Waals surface area contributed by atoms with E-state index in [2.05, 4.69) is 0 Å². The first-order valence-electron chi connectivity index (χ1n) is 11.5. The van der Waals surface area contributed by atoms with E-state index in [1.807, 2.05) is 44.2 Å². The molecule has 2 aliphatic heterocycles. The molecular weight excluding hydrogens is 444 g/mol. The van der Waals surface area contributed by atoms with Crippen LogP contribution in [-0.4, -0.2) is 79.8 Å². The van der Waals surface area contributed by atoms with Gasteiger partial charge in [0, 0.05) is 32.6 Å². The monoisotopic (exact) mass is 478 g/mol. The van der Waals surface area contributed by atoms with Gasteiger partial charge in [0.1, 0.15) is 0 Å². The summed E-state index contributed by atoms with van der Waals surface area (Å²) in [6, 6.07) is 8.96. The minimum Gasteiger partial charge on any atom is -0.455 e. The van der Waals surface area contributed by atoms with Crippen molar-refractivity contribution in [3.05, 3.63) is 35.9 Å². The molecule has 0 aromatic heterocycles. The number of hydrogen-bond donors (Lipinski definition) is 0. The second kappa shape index (κ2) is 10.2. The van der Waals surface area contributed by atoms with Crippen molar-refractivity contribution in [2.45, 2.75) is 51.5 Å². The maximum absolute atomic E-state index is 13.4. The van der Waals surface area contributed by atoms with Crippen LogP contribution in [0.5, 0.6) is 0 Å². The summed E-state index contributed by atoms with van der Waals surface area (Å²) >= 11 is 0. The molecule has 2 heterocycles. The number of carbonyl (C=O) groups excluding carboxylic acids is 3. The van der Waals surface area contributed by atoms with Gasteiger partial charge in [-0.05, 0) is 30.7 Å². The quantitative estimate of drug-likeness (QED) is 0.554. The van der Waals surface area contributed by atoms with Crippen molar-refractivity contribution < 1.29 is 27.5 Å². The fraction of sp³-hybridized carbons (Fsp3) is 0.625. The lowest BCUT2D eigenvalue weighted by Crippen LogP contribution is -2.50. The molecule has 0 saturated carbocycles. The van der Waals surface area contributed by atoms with E-state index in [0.717, 1.165) is 5.56 Å². The van der Waals surface area contributed by atoms with Crippen LogP contribution in [0.25, 0.3) is 0 Å². The van der Waals surface area contributed by atoms with Crippen LogP contribution in [-0.2, 0) is 34.4 Å². The summed E-state index contributed by atoms with van der Waals surface area (Å²) in [7, 11) is -3.15. The molecule has 33 heavy (non-hydrogen) atoms. The summed E-state index contributed by atoms with van der Waals surface area (Å²) in [5, 5.41) is 0. The number of nitrogens with zero attached hydrogens (tertiary/aromatic N) is 2. The molecule has 0 radical (unpaired) electrons. The van der Waals surface area contributed by atoms with Crippen molar-refractivity contribution in [2.75, 3.05) is 37.7 Å². The van der Waals surface area contributed by atoms with Crippen molar-refractivity contribution in [3.63, 3.8) is 0 Å². The Hall–Kier alpha value is -2.42. The van der Waals surface area contributed by atoms with Crippen molar-refractivity contribution in [3.8, 4) is 0 Å². The predicted molar refractivity (Wildman–Crippen MR) is 124 cm³/mol. The molecule has 1 aromatic rings. The van der Waals surface area contributed by atoms with Crippen LogP contribution in [0, 0.1) is 5.92 Å². The van der Waals surface area contributed by atoms with Gasteiger partial charge in [-0.3, -0.25) is 14.4 Å². The molecule has 0 aliphatic carbocycles. The molecule has 1 unspecified atom stereocenters. The molecule has 2 amide bonds. The van der Waals surface area contributed by atoms with E-state index in [-0.39, 0.29) is 35.3 Å². The third kappa shape index (κ3) is 5.93. The maximum Gasteiger partial charge on any atom is 0.317 e. The van der Waals surface area contributed by atoms with Crippen LogP contribution >= 0.6 is 0 Å². The third-order valence-electron chi connectivity index (χ3n) is 6.64. The van der Waals surface area contributed by atoms with E-state index in [9.17, 15) is 22.8 Å². The average Bonchev–Trinajstić information content (AvgIpc) is 3.15. The zero-order valence-electron chi connectivity index (χ0n) is 19.7. The Bertz CT molecular complexity index is 968. The number of ether oxygens (including phenoxy) is 1. The van der Waals surface area contributed by atoms with E-state index in [1.54, 1.807) is 9.80 Å². The van der Waals surface area contributed by atoms with Gasteiger partial charge < -0.3 is 14.5 Å². The highest BCUT2D eigenvalue weighted by Crippen LogP contribution is 2.37. The molecule has 1 atom stereocenters. The third-order valence-corrected chi connectivity index (χ3v) is 8.39. The summed E-state index contributed by atoms with van der Waals surface area (Å²) in [4.78, 5) is 41.5. The highest BCUT2D eigenvalue weighted by atomic mass is 32.2. The Kier molecular flexibility index (Phi) is 7.82. The smallest absolute Gasteiger partial charge is 0.317 e. The molecule has 3 rings (SSSR count). The van der Waals surface area contributed by atoms with E-state index in [4.69, 9.17) is 4.74 Å². The van der Waals surface area contributed by atoms with E-state index >= 15 is 0 Å². The van der Waals surface area contributed by atoms with E-state index in [1.165, 1.54) is 6.92 Å². The number of esters is 1. The van der Waals surface area contributed by atoms with Crippen LogP contribution < -0.4 is 0 Å². The number of piperidine rings is 1. The zero-order chi connectivity index (χ0) is 24.2. The second-order valence-electron chi connectivity index (χ2n) is 9.53. The number of sulfone groups is 1. The molecule has 2 aliphatic rings. The average molecular weight is 479 g/mol. The maximum atomic E-state index is 13.4. The Balaban J connectivity index is 1.74. The molecule has 1 aromatic carbocycles. The molecule has 8 nitrogen and oxygen atoms in total. The fourth-order valence-electron chi connectivity index (χ4n) is 4.79. The lowest BCUT2D eigenvalue weighted by Gasteiger charge is -2.40. The number of rotatable bonds is 7. The zero-order valence-corrected chi connectivity index (χ0v) is 20.5. The lowest BCUT2D eigenvalue weighted by molar-refractivity contribution is -0.160. The Morgan fingerprint density at radius 1 is 1.15 bits per heavy atom. The van der Waals surface area contributed by atoms with E-state index in [0.29, 0.717) is 38.9 Å². The molecule has 0 bridgehead atoms. The Labute approximate surface area is 196 Å². The second-order valence-corrected chi connectivity index (χ2v) is 11.8. The number of amides is 2.